The summed E-state index contributed by atoms with van der Waals surface area (Å²) in [6, 6.07) is 7.16. The molecular weight excluding hydrogens is 328 g/mol. The number of carbonyl (C=O) groups excluding carboxylic acids is 2. The van der Waals surface area contributed by atoms with Gasteiger partial charge in [0.2, 0.25) is 11.8 Å². The van der Waals surface area contributed by atoms with Gasteiger partial charge in [-0.15, -0.1) is 0 Å². The van der Waals surface area contributed by atoms with Gasteiger partial charge in [-0.25, -0.2) is 0 Å². The predicted molar refractivity (Wildman–Crippen MR) is 96.3 cm³/mol. The number of hydrogen-bond acceptors (Lipinski definition) is 3. The highest BCUT2D eigenvalue weighted by Gasteiger charge is 2.20. The molecule has 0 aliphatic rings. The molecule has 0 spiro atoms. The topological polar surface area (TPSA) is 58.6 Å². The van der Waals surface area contributed by atoms with Crippen molar-refractivity contribution >= 4 is 23.4 Å². The van der Waals surface area contributed by atoms with Crippen molar-refractivity contribution in [2.45, 2.75) is 33.6 Å². The minimum Gasteiger partial charge on any atom is -0.492 e. The van der Waals surface area contributed by atoms with Crippen molar-refractivity contribution in [3.05, 3.63) is 29.3 Å². The van der Waals surface area contributed by atoms with Crippen molar-refractivity contribution < 1.29 is 14.3 Å². The van der Waals surface area contributed by atoms with Crippen LogP contribution in [0.3, 0.4) is 0 Å². The summed E-state index contributed by atoms with van der Waals surface area (Å²) in [5, 5.41) is 3.46. The molecule has 6 heteroatoms. The maximum atomic E-state index is 12.0. The third kappa shape index (κ3) is 7.68. The number of halogens is 1. The minimum absolute atomic E-state index is 0.00164. The van der Waals surface area contributed by atoms with Gasteiger partial charge in [-0.2, -0.15) is 0 Å². The van der Waals surface area contributed by atoms with E-state index in [9.17, 15) is 9.59 Å². The summed E-state index contributed by atoms with van der Waals surface area (Å²) in [5.74, 6) is 0.723. The van der Waals surface area contributed by atoms with E-state index in [0.29, 0.717) is 43.3 Å². The monoisotopic (exact) mass is 354 g/mol. The third-order valence-electron chi connectivity index (χ3n) is 3.45. The fourth-order valence-electron chi connectivity index (χ4n) is 1.88. The van der Waals surface area contributed by atoms with E-state index >= 15 is 0 Å². The van der Waals surface area contributed by atoms with Crippen LogP contribution in [0.15, 0.2) is 24.3 Å². The lowest BCUT2D eigenvalue weighted by Gasteiger charge is -2.19. The van der Waals surface area contributed by atoms with Gasteiger partial charge in [0, 0.05) is 30.5 Å². The largest absolute Gasteiger partial charge is 0.492 e. The average Bonchev–Trinajstić information content (AvgIpc) is 2.50. The third-order valence-corrected chi connectivity index (χ3v) is 3.69. The van der Waals surface area contributed by atoms with Crippen molar-refractivity contribution in [1.82, 2.24) is 10.2 Å². The second-order valence-electron chi connectivity index (χ2n) is 6.73. The molecule has 0 unspecified atom stereocenters. The van der Waals surface area contributed by atoms with E-state index in [1.54, 1.807) is 24.1 Å². The minimum atomic E-state index is -0.404. The first-order valence-corrected chi connectivity index (χ1v) is 8.48. The molecule has 134 valence electrons. The van der Waals surface area contributed by atoms with E-state index in [0.717, 1.165) is 0 Å². The molecule has 5 nitrogen and oxygen atoms in total. The molecule has 0 saturated carbocycles. The van der Waals surface area contributed by atoms with Crippen LogP contribution in [-0.2, 0) is 9.59 Å². The fraction of sp³-hybridized carbons (Fsp3) is 0.556. The summed E-state index contributed by atoms with van der Waals surface area (Å²) in [5.41, 5.74) is -0.404. The Hall–Kier alpha value is -1.75. The van der Waals surface area contributed by atoms with Gasteiger partial charge in [-0.3, -0.25) is 9.59 Å². The molecule has 1 aromatic rings. The molecule has 0 aliphatic heterocycles. The molecule has 0 fully saturated rings. The van der Waals surface area contributed by atoms with Gasteiger partial charge in [0.1, 0.15) is 12.4 Å². The van der Waals surface area contributed by atoms with Gasteiger partial charge in [-0.1, -0.05) is 38.4 Å². The number of nitrogens with zero attached hydrogens (tertiary/aromatic N) is 1. The average molecular weight is 355 g/mol. The molecule has 1 N–H and O–H groups in total. The lowest BCUT2D eigenvalue weighted by Crippen LogP contribution is -2.36. The van der Waals surface area contributed by atoms with Crippen LogP contribution in [0, 0.1) is 5.41 Å². The predicted octanol–water partition coefficient (Wildman–Crippen LogP) is 3.12. The van der Waals surface area contributed by atoms with Crippen molar-refractivity contribution in [2.75, 3.05) is 26.7 Å². The van der Waals surface area contributed by atoms with Gasteiger partial charge < -0.3 is 15.0 Å². The smallest absolute Gasteiger partial charge is 0.225 e. The normalized spacial score (nSPS) is 11.0. The Kier molecular flexibility index (Phi) is 8.05. The number of carbonyl (C=O) groups is 2. The lowest BCUT2D eigenvalue weighted by atomic mass is 9.96. The molecule has 24 heavy (non-hydrogen) atoms. The summed E-state index contributed by atoms with van der Waals surface area (Å²) >= 11 is 5.88. The van der Waals surface area contributed by atoms with Crippen molar-refractivity contribution in [1.29, 1.82) is 0 Å². The van der Waals surface area contributed by atoms with Crippen molar-refractivity contribution in [3.63, 3.8) is 0 Å². The molecule has 2 amide bonds. The van der Waals surface area contributed by atoms with Crippen LogP contribution >= 0.6 is 11.6 Å². The highest BCUT2D eigenvalue weighted by atomic mass is 35.5. The second kappa shape index (κ2) is 9.52. The number of rotatable bonds is 8. The standard InChI is InChI=1S/C18H27ClN2O3/c1-18(2,3)17(23)20-10-6-9-16(22)21(4)11-12-24-15-8-5-7-14(19)13-15/h5,7-8,13H,6,9-12H2,1-4H3,(H,20,23). The highest BCUT2D eigenvalue weighted by molar-refractivity contribution is 6.30. The van der Waals surface area contributed by atoms with Crippen LogP contribution in [0.1, 0.15) is 33.6 Å². The Morgan fingerprint density at radius 3 is 2.62 bits per heavy atom. The molecule has 0 bridgehead atoms. The number of amides is 2. The molecule has 1 rings (SSSR count). The molecule has 0 radical (unpaired) electrons. The maximum absolute atomic E-state index is 12.0. The Bertz CT molecular complexity index is 555. The van der Waals surface area contributed by atoms with E-state index < -0.39 is 5.41 Å². The first-order chi connectivity index (χ1) is 11.2. The molecule has 0 atom stereocenters. The zero-order chi connectivity index (χ0) is 18.2. The number of ether oxygens (including phenoxy) is 1. The van der Waals surface area contributed by atoms with E-state index in [-0.39, 0.29) is 11.8 Å². The Labute approximate surface area is 149 Å². The number of hydrogen-bond donors (Lipinski definition) is 1. The van der Waals surface area contributed by atoms with E-state index in [2.05, 4.69) is 5.32 Å². The van der Waals surface area contributed by atoms with Crippen LogP contribution in [0.2, 0.25) is 5.02 Å². The first-order valence-electron chi connectivity index (χ1n) is 8.11. The summed E-state index contributed by atoms with van der Waals surface area (Å²) in [7, 11) is 1.75. The molecule has 1 aromatic carbocycles. The van der Waals surface area contributed by atoms with Crippen LogP contribution in [-0.4, -0.2) is 43.5 Å². The summed E-state index contributed by atoms with van der Waals surface area (Å²) in [6.45, 7) is 7.00. The van der Waals surface area contributed by atoms with Gasteiger partial charge in [0.15, 0.2) is 0 Å². The maximum Gasteiger partial charge on any atom is 0.225 e. The molecule has 0 aliphatic carbocycles. The van der Waals surface area contributed by atoms with Crippen LogP contribution in [0.25, 0.3) is 0 Å². The van der Waals surface area contributed by atoms with E-state index in [1.807, 2.05) is 32.9 Å². The summed E-state index contributed by atoms with van der Waals surface area (Å²) < 4.78 is 5.57. The second-order valence-corrected chi connectivity index (χ2v) is 7.17. The fourth-order valence-corrected chi connectivity index (χ4v) is 2.06. The molecule has 0 heterocycles. The zero-order valence-electron chi connectivity index (χ0n) is 14.9. The van der Waals surface area contributed by atoms with E-state index in [4.69, 9.17) is 16.3 Å². The van der Waals surface area contributed by atoms with Crippen LogP contribution in [0.5, 0.6) is 5.75 Å². The Morgan fingerprint density at radius 2 is 2.00 bits per heavy atom. The van der Waals surface area contributed by atoms with Crippen molar-refractivity contribution in [3.8, 4) is 5.75 Å². The summed E-state index contributed by atoms with van der Waals surface area (Å²) in [4.78, 5) is 25.4. The van der Waals surface area contributed by atoms with Gasteiger partial charge in [0.05, 0.1) is 6.54 Å². The molecule has 0 saturated heterocycles. The van der Waals surface area contributed by atoms with E-state index in [1.165, 1.54) is 0 Å². The molecule has 0 aromatic heterocycles. The van der Waals surface area contributed by atoms with Crippen LogP contribution < -0.4 is 10.1 Å². The van der Waals surface area contributed by atoms with Gasteiger partial charge in [-0.05, 0) is 24.6 Å². The number of benzene rings is 1. The lowest BCUT2D eigenvalue weighted by molar-refractivity contribution is -0.131. The van der Waals surface area contributed by atoms with Crippen molar-refractivity contribution in [2.24, 2.45) is 5.41 Å². The quantitative estimate of drug-likeness (QED) is 0.730. The van der Waals surface area contributed by atoms with Gasteiger partial charge in [0.25, 0.3) is 0 Å². The zero-order valence-corrected chi connectivity index (χ0v) is 15.7. The van der Waals surface area contributed by atoms with Gasteiger partial charge >= 0.3 is 0 Å². The SMILES string of the molecule is CN(CCOc1cccc(Cl)c1)C(=O)CCCNC(=O)C(C)(C)C. The number of likely N-dealkylation sites (N-methyl/N-ethyl adjacent to an activating group) is 1. The number of nitrogens with one attached hydrogen (secondary N) is 1. The first kappa shape index (κ1) is 20.3. The van der Waals surface area contributed by atoms with Crippen LogP contribution in [0.4, 0.5) is 0 Å². The molecular formula is C18H27ClN2O3. The Balaban J connectivity index is 2.19. The Morgan fingerprint density at radius 1 is 1.29 bits per heavy atom. The summed E-state index contributed by atoms with van der Waals surface area (Å²) in [6.07, 6.45) is 1.03. The highest BCUT2D eigenvalue weighted by Crippen LogP contribution is 2.17.